The Kier molecular flexibility index (Phi) is 7.08. The first kappa shape index (κ1) is 16.7. The Labute approximate surface area is 124 Å². The molecule has 1 N–H and O–H groups in total. The van der Waals surface area contributed by atoms with Crippen LogP contribution in [0.25, 0.3) is 0 Å². The number of ether oxygens (including phenoxy) is 1. The van der Waals surface area contributed by atoms with Crippen molar-refractivity contribution in [3.63, 3.8) is 0 Å². The van der Waals surface area contributed by atoms with Gasteiger partial charge < -0.3 is 15.0 Å². The van der Waals surface area contributed by atoms with Gasteiger partial charge in [-0.05, 0) is 56.7 Å². The third kappa shape index (κ3) is 6.09. The van der Waals surface area contributed by atoms with Crippen LogP contribution in [0.2, 0.25) is 0 Å². The summed E-state index contributed by atoms with van der Waals surface area (Å²) in [7, 11) is 2.13. The van der Waals surface area contributed by atoms with Crippen molar-refractivity contribution in [3.8, 4) is 0 Å². The fourth-order valence-electron chi connectivity index (χ4n) is 2.58. The van der Waals surface area contributed by atoms with Crippen LogP contribution in [0.4, 0.5) is 0 Å². The predicted octanol–water partition coefficient (Wildman–Crippen LogP) is 3.19. The number of hydrogen-bond donors (Lipinski definition) is 1. The maximum atomic E-state index is 5.47. The molecule has 1 fully saturated rings. The number of hydrogen-bond acceptors (Lipinski definition) is 2. The molecule has 0 bridgehead atoms. The van der Waals surface area contributed by atoms with Gasteiger partial charge in [0.25, 0.3) is 0 Å². The summed E-state index contributed by atoms with van der Waals surface area (Å²) in [4.78, 5) is 2.26. The van der Waals surface area contributed by atoms with Gasteiger partial charge in [0, 0.05) is 32.8 Å². The van der Waals surface area contributed by atoms with Gasteiger partial charge >= 0.3 is 0 Å². The van der Waals surface area contributed by atoms with Gasteiger partial charge in [0.05, 0.1) is 0 Å². The lowest BCUT2D eigenvalue weighted by Crippen LogP contribution is -2.45. The smallest absolute Gasteiger partial charge is 0.168 e. The van der Waals surface area contributed by atoms with Crippen molar-refractivity contribution in [3.05, 3.63) is 0 Å². The molecular formula is C15H30N2OS. The Morgan fingerprint density at radius 1 is 1.37 bits per heavy atom. The average molecular weight is 286 g/mol. The standard InChI is InChI=1S/C15H30N2OS/c1-5-18-12-6-11-16-14(19)17(4)13-7-9-15(2,3)10-8-13/h13H,5-12H2,1-4H3,(H,16,19). The molecule has 0 radical (unpaired) electrons. The second-order valence-corrected chi connectivity index (χ2v) is 6.68. The van der Waals surface area contributed by atoms with E-state index in [1.165, 1.54) is 25.7 Å². The van der Waals surface area contributed by atoms with E-state index in [9.17, 15) is 0 Å². The molecular weight excluding hydrogens is 256 g/mol. The first-order chi connectivity index (χ1) is 8.96. The minimum atomic E-state index is 0.518. The van der Waals surface area contributed by atoms with E-state index in [0.717, 1.165) is 31.3 Å². The molecule has 0 atom stereocenters. The lowest BCUT2D eigenvalue weighted by atomic mass is 9.75. The van der Waals surface area contributed by atoms with Crippen LogP contribution < -0.4 is 5.32 Å². The molecule has 0 aromatic carbocycles. The summed E-state index contributed by atoms with van der Waals surface area (Å²) in [5, 5.41) is 4.23. The lowest BCUT2D eigenvalue weighted by molar-refractivity contribution is 0.145. The molecule has 0 spiro atoms. The van der Waals surface area contributed by atoms with E-state index in [2.05, 4.69) is 31.1 Å². The molecule has 0 unspecified atom stereocenters. The molecule has 1 aliphatic rings. The summed E-state index contributed by atoms with van der Waals surface area (Å²) in [6.07, 6.45) is 6.12. The van der Waals surface area contributed by atoms with Gasteiger partial charge in [0.15, 0.2) is 5.11 Å². The predicted molar refractivity (Wildman–Crippen MR) is 85.5 cm³/mol. The Balaban J connectivity index is 2.21. The largest absolute Gasteiger partial charge is 0.382 e. The zero-order chi connectivity index (χ0) is 14.3. The quantitative estimate of drug-likeness (QED) is 0.599. The van der Waals surface area contributed by atoms with E-state index < -0.39 is 0 Å². The van der Waals surface area contributed by atoms with Crippen LogP contribution >= 0.6 is 12.2 Å². The second-order valence-electron chi connectivity index (χ2n) is 6.29. The summed E-state index contributed by atoms with van der Waals surface area (Å²) < 4.78 is 5.32. The van der Waals surface area contributed by atoms with Gasteiger partial charge in [-0.15, -0.1) is 0 Å². The fourth-order valence-corrected chi connectivity index (χ4v) is 2.83. The van der Waals surface area contributed by atoms with E-state index in [4.69, 9.17) is 17.0 Å². The summed E-state index contributed by atoms with van der Waals surface area (Å²) in [5.41, 5.74) is 0.518. The molecule has 1 saturated carbocycles. The van der Waals surface area contributed by atoms with Crippen LogP contribution in [0.3, 0.4) is 0 Å². The summed E-state index contributed by atoms with van der Waals surface area (Å²) in [6.45, 7) is 9.27. The van der Waals surface area contributed by atoms with E-state index in [-0.39, 0.29) is 0 Å². The molecule has 0 heterocycles. The van der Waals surface area contributed by atoms with Crippen molar-refractivity contribution in [1.82, 2.24) is 10.2 Å². The van der Waals surface area contributed by atoms with Gasteiger partial charge in [0.2, 0.25) is 0 Å². The Bertz CT molecular complexity index is 271. The molecule has 0 saturated heterocycles. The lowest BCUT2D eigenvalue weighted by Gasteiger charge is -2.39. The molecule has 3 nitrogen and oxygen atoms in total. The third-order valence-corrected chi connectivity index (χ3v) is 4.55. The molecule has 1 rings (SSSR count). The highest BCUT2D eigenvalue weighted by molar-refractivity contribution is 7.80. The average Bonchev–Trinajstić information content (AvgIpc) is 2.37. The SMILES string of the molecule is CCOCCCNC(=S)N(C)C1CCC(C)(C)CC1. The zero-order valence-electron chi connectivity index (χ0n) is 13.0. The van der Waals surface area contributed by atoms with Crippen LogP contribution in [0, 0.1) is 5.41 Å². The van der Waals surface area contributed by atoms with Crippen LogP contribution in [-0.4, -0.2) is 42.9 Å². The van der Waals surface area contributed by atoms with Crippen molar-refractivity contribution in [2.24, 2.45) is 5.41 Å². The number of nitrogens with one attached hydrogen (secondary N) is 1. The van der Waals surface area contributed by atoms with Crippen molar-refractivity contribution in [2.75, 3.05) is 26.8 Å². The number of rotatable bonds is 6. The van der Waals surface area contributed by atoms with E-state index in [1.807, 2.05) is 6.92 Å². The maximum Gasteiger partial charge on any atom is 0.168 e. The van der Waals surface area contributed by atoms with Crippen LogP contribution in [-0.2, 0) is 4.74 Å². The first-order valence-corrected chi connectivity index (χ1v) is 7.95. The summed E-state index contributed by atoms with van der Waals surface area (Å²) >= 11 is 5.47. The van der Waals surface area contributed by atoms with Crippen LogP contribution in [0.1, 0.15) is 52.9 Å². The van der Waals surface area contributed by atoms with E-state index in [0.29, 0.717) is 11.5 Å². The molecule has 19 heavy (non-hydrogen) atoms. The number of thiocarbonyl (C=S) groups is 1. The maximum absolute atomic E-state index is 5.47. The van der Waals surface area contributed by atoms with Crippen molar-refractivity contribution < 1.29 is 4.74 Å². The van der Waals surface area contributed by atoms with Crippen LogP contribution in [0.15, 0.2) is 0 Å². The van der Waals surface area contributed by atoms with Crippen LogP contribution in [0.5, 0.6) is 0 Å². The van der Waals surface area contributed by atoms with Gasteiger partial charge in [-0.3, -0.25) is 0 Å². The summed E-state index contributed by atoms with van der Waals surface area (Å²) in [5.74, 6) is 0. The Morgan fingerprint density at radius 2 is 2.00 bits per heavy atom. The highest BCUT2D eigenvalue weighted by Gasteiger charge is 2.29. The molecule has 112 valence electrons. The van der Waals surface area contributed by atoms with Gasteiger partial charge in [0.1, 0.15) is 0 Å². The fraction of sp³-hybridized carbons (Fsp3) is 0.933. The van der Waals surface area contributed by atoms with Gasteiger partial charge in [-0.1, -0.05) is 13.8 Å². The van der Waals surface area contributed by atoms with E-state index in [1.54, 1.807) is 0 Å². The minimum Gasteiger partial charge on any atom is -0.382 e. The molecule has 0 aromatic rings. The molecule has 1 aliphatic carbocycles. The third-order valence-electron chi connectivity index (χ3n) is 4.12. The molecule has 0 amide bonds. The van der Waals surface area contributed by atoms with Crippen molar-refractivity contribution in [2.45, 2.75) is 58.9 Å². The molecule has 0 aromatic heterocycles. The summed E-state index contributed by atoms with van der Waals surface area (Å²) in [6, 6.07) is 0.611. The molecule has 0 aliphatic heterocycles. The van der Waals surface area contributed by atoms with Gasteiger partial charge in [-0.25, -0.2) is 0 Å². The Morgan fingerprint density at radius 3 is 2.58 bits per heavy atom. The van der Waals surface area contributed by atoms with E-state index >= 15 is 0 Å². The second kappa shape index (κ2) is 8.05. The normalized spacial score (nSPS) is 19.2. The minimum absolute atomic E-state index is 0.518. The number of nitrogens with zero attached hydrogens (tertiary/aromatic N) is 1. The topological polar surface area (TPSA) is 24.5 Å². The highest BCUT2D eigenvalue weighted by atomic mass is 32.1. The highest BCUT2D eigenvalue weighted by Crippen LogP contribution is 2.36. The Hall–Kier alpha value is -0.350. The zero-order valence-corrected chi connectivity index (χ0v) is 13.8. The monoisotopic (exact) mass is 286 g/mol. The van der Waals surface area contributed by atoms with Crippen molar-refractivity contribution >= 4 is 17.3 Å². The molecule has 4 heteroatoms. The van der Waals surface area contributed by atoms with Gasteiger partial charge in [-0.2, -0.15) is 0 Å². The van der Waals surface area contributed by atoms with Crippen molar-refractivity contribution in [1.29, 1.82) is 0 Å². The first-order valence-electron chi connectivity index (χ1n) is 7.54.